The summed E-state index contributed by atoms with van der Waals surface area (Å²) in [5.41, 5.74) is 6.36. The predicted octanol–water partition coefficient (Wildman–Crippen LogP) is 2.61. The first-order valence-electron chi connectivity index (χ1n) is 6.09. The van der Waals surface area contributed by atoms with Crippen molar-refractivity contribution in [2.45, 2.75) is 26.8 Å². The van der Waals surface area contributed by atoms with Crippen molar-refractivity contribution in [2.24, 2.45) is 11.1 Å². The molecule has 3 N–H and O–H groups in total. The van der Waals surface area contributed by atoms with E-state index in [1.807, 2.05) is 20.9 Å². The lowest BCUT2D eigenvalue weighted by Crippen LogP contribution is -2.34. The van der Waals surface area contributed by atoms with Gasteiger partial charge >= 0.3 is 0 Å². The van der Waals surface area contributed by atoms with Gasteiger partial charge in [-0.3, -0.25) is 5.41 Å². The molecule has 0 amide bonds. The number of rotatable bonds is 6. The van der Waals surface area contributed by atoms with Crippen molar-refractivity contribution < 1.29 is 4.39 Å². The van der Waals surface area contributed by atoms with Crippen molar-refractivity contribution >= 4 is 5.84 Å². The van der Waals surface area contributed by atoms with Gasteiger partial charge in [0.15, 0.2) is 0 Å². The van der Waals surface area contributed by atoms with E-state index in [2.05, 4.69) is 4.90 Å². The second kappa shape index (κ2) is 5.96. The minimum absolute atomic E-state index is 0.209. The molecule has 0 saturated heterocycles. The molecular weight excluding hydrogens is 229 g/mol. The topological polar surface area (TPSA) is 53.1 Å². The van der Waals surface area contributed by atoms with Crippen LogP contribution in [0, 0.1) is 16.6 Å². The number of nitrogens with zero attached hydrogens (tertiary/aromatic N) is 1. The highest BCUT2D eigenvalue weighted by Crippen LogP contribution is 2.20. The third kappa shape index (κ3) is 4.45. The molecule has 1 aromatic carbocycles. The van der Waals surface area contributed by atoms with Crippen molar-refractivity contribution in [2.75, 3.05) is 13.6 Å². The maximum absolute atomic E-state index is 12.8. The van der Waals surface area contributed by atoms with Crippen LogP contribution in [0.3, 0.4) is 0 Å². The van der Waals surface area contributed by atoms with Gasteiger partial charge in [0.05, 0.1) is 5.84 Å². The third-order valence-corrected chi connectivity index (χ3v) is 3.21. The number of hydrogen-bond acceptors (Lipinski definition) is 2. The second-order valence-electron chi connectivity index (χ2n) is 5.41. The fourth-order valence-corrected chi connectivity index (χ4v) is 1.59. The Morgan fingerprint density at radius 3 is 2.39 bits per heavy atom. The minimum Gasteiger partial charge on any atom is -0.387 e. The summed E-state index contributed by atoms with van der Waals surface area (Å²) in [4.78, 5) is 2.15. The van der Waals surface area contributed by atoms with Gasteiger partial charge in [0, 0.05) is 12.0 Å². The molecule has 0 aliphatic heterocycles. The van der Waals surface area contributed by atoms with E-state index in [4.69, 9.17) is 11.1 Å². The van der Waals surface area contributed by atoms with E-state index < -0.39 is 0 Å². The highest BCUT2D eigenvalue weighted by molar-refractivity contribution is 5.82. The fourth-order valence-electron chi connectivity index (χ4n) is 1.59. The molecule has 1 aromatic rings. The van der Waals surface area contributed by atoms with Crippen molar-refractivity contribution in [3.63, 3.8) is 0 Å². The number of hydrogen-bond donors (Lipinski definition) is 2. The summed E-state index contributed by atoms with van der Waals surface area (Å²) in [5, 5.41) is 7.50. The molecule has 0 saturated carbocycles. The van der Waals surface area contributed by atoms with Crippen LogP contribution in [0.5, 0.6) is 0 Å². The Hall–Kier alpha value is -1.42. The fraction of sp³-hybridized carbons (Fsp3) is 0.500. The average molecular weight is 251 g/mol. The van der Waals surface area contributed by atoms with E-state index >= 15 is 0 Å². The van der Waals surface area contributed by atoms with Crippen molar-refractivity contribution in [1.29, 1.82) is 5.41 Å². The Morgan fingerprint density at radius 1 is 1.33 bits per heavy atom. The summed E-state index contributed by atoms with van der Waals surface area (Å²) in [6, 6.07) is 6.54. The quantitative estimate of drug-likeness (QED) is 0.603. The van der Waals surface area contributed by atoms with Crippen LogP contribution in [0.15, 0.2) is 24.3 Å². The molecule has 18 heavy (non-hydrogen) atoms. The molecule has 0 radical (unpaired) electrons. The number of nitrogens with two attached hydrogens (primary N) is 1. The number of halogens is 1. The van der Waals surface area contributed by atoms with Gasteiger partial charge in [-0.25, -0.2) is 4.39 Å². The molecule has 100 valence electrons. The summed E-state index contributed by atoms with van der Waals surface area (Å²) in [5.74, 6) is 0.0109. The normalized spacial score (nSPS) is 11.8. The minimum atomic E-state index is -0.267. The van der Waals surface area contributed by atoms with Crippen molar-refractivity contribution in [3.05, 3.63) is 35.6 Å². The highest BCUT2D eigenvalue weighted by Gasteiger charge is 2.21. The summed E-state index contributed by atoms with van der Waals surface area (Å²) in [6.07, 6.45) is 0.833. The zero-order valence-corrected chi connectivity index (χ0v) is 11.3. The van der Waals surface area contributed by atoms with E-state index in [9.17, 15) is 4.39 Å². The summed E-state index contributed by atoms with van der Waals surface area (Å²) in [7, 11) is 2.01. The molecule has 0 spiro atoms. The summed E-state index contributed by atoms with van der Waals surface area (Å²) in [6.45, 7) is 5.57. The summed E-state index contributed by atoms with van der Waals surface area (Å²) >= 11 is 0. The first-order chi connectivity index (χ1) is 8.31. The van der Waals surface area contributed by atoms with Gasteiger partial charge < -0.3 is 10.6 Å². The highest BCUT2D eigenvalue weighted by atomic mass is 19.1. The van der Waals surface area contributed by atoms with E-state index in [0.29, 0.717) is 0 Å². The van der Waals surface area contributed by atoms with Crippen LogP contribution in [0.1, 0.15) is 25.8 Å². The Morgan fingerprint density at radius 2 is 1.89 bits per heavy atom. The van der Waals surface area contributed by atoms with E-state index in [-0.39, 0.29) is 17.1 Å². The molecule has 0 aliphatic rings. The summed E-state index contributed by atoms with van der Waals surface area (Å²) < 4.78 is 12.8. The molecule has 0 unspecified atom stereocenters. The smallest absolute Gasteiger partial charge is 0.123 e. The van der Waals surface area contributed by atoms with Gasteiger partial charge in [-0.15, -0.1) is 0 Å². The standard InChI is InChI=1S/C14H22FN3/c1-14(2,13(16)17)8-9-18(3)10-11-4-6-12(15)7-5-11/h4-7H,8-10H2,1-3H3,(H3,16,17). The van der Waals surface area contributed by atoms with Crippen LogP contribution in [0.4, 0.5) is 4.39 Å². The maximum Gasteiger partial charge on any atom is 0.123 e. The maximum atomic E-state index is 12.8. The molecule has 4 heteroatoms. The molecule has 0 fully saturated rings. The Bertz CT molecular complexity index is 398. The van der Waals surface area contributed by atoms with Crippen LogP contribution in [0.2, 0.25) is 0 Å². The predicted molar refractivity (Wildman–Crippen MR) is 73.0 cm³/mol. The lowest BCUT2D eigenvalue weighted by molar-refractivity contribution is 0.284. The zero-order chi connectivity index (χ0) is 13.8. The van der Waals surface area contributed by atoms with Gasteiger partial charge in [0.25, 0.3) is 0 Å². The van der Waals surface area contributed by atoms with E-state index in [1.54, 1.807) is 12.1 Å². The van der Waals surface area contributed by atoms with Crippen LogP contribution in [-0.2, 0) is 6.54 Å². The molecule has 0 heterocycles. The van der Waals surface area contributed by atoms with Gasteiger partial charge in [0.1, 0.15) is 5.82 Å². The van der Waals surface area contributed by atoms with Crippen LogP contribution in [-0.4, -0.2) is 24.3 Å². The van der Waals surface area contributed by atoms with Gasteiger partial charge in [-0.05, 0) is 37.7 Å². The molecular formula is C14H22FN3. The molecule has 1 rings (SSSR count). The first-order valence-corrected chi connectivity index (χ1v) is 6.09. The molecule has 0 bridgehead atoms. The Kier molecular flexibility index (Phi) is 4.84. The van der Waals surface area contributed by atoms with Gasteiger partial charge in [-0.2, -0.15) is 0 Å². The van der Waals surface area contributed by atoms with Crippen LogP contribution in [0.25, 0.3) is 0 Å². The lowest BCUT2D eigenvalue weighted by atomic mass is 9.88. The van der Waals surface area contributed by atoms with Gasteiger partial charge in [-0.1, -0.05) is 26.0 Å². The second-order valence-corrected chi connectivity index (χ2v) is 5.41. The number of nitrogens with one attached hydrogen (secondary N) is 1. The molecule has 0 aliphatic carbocycles. The third-order valence-electron chi connectivity index (χ3n) is 3.21. The number of benzene rings is 1. The average Bonchev–Trinajstić information content (AvgIpc) is 2.29. The van der Waals surface area contributed by atoms with E-state index in [1.165, 1.54) is 12.1 Å². The Labute approximate surface area is 108 Å². The number of amidine groups is 1. The monoisotopic (exact) mass is 251 g/mol. The molecule has 3 nitrogen and oxygen atoms in total. The SMILES string of the molecule is CN(CCC(C)(C)C(=N)N)Cc1ccc(F)cc1. The van der Waals surface area contributed by atoms with Crippen molar-refractivity contribution in [3.8, 4) is 0 Å². The Balaban J connectivity index is 2.45. The largest absolute Gasteiger partial charge is 0.387 e. The molecule has 0 aromatic heterocycles. The van der Waals surface area contributed by atoms with E-state index in [0.717, 1.165) is 25.1 Å². The van der Waals surface area contributed by atoms with Gasteiger partial charge in [0.2, 0.25) is 0 Å². The lowest BCUT2D eigenvalue weighted by Gasteiger charge is -2.26. The first kappa shape index (κ1) is 14.6. The zero-order valence-electron chi connectivity index (χ0n) is 11.3. The van der Waals surface area contributed by atoms with Crippen LogP contribution >= 0.6 is 0 Å². The molecule has 0 atom stereocenters. The van der Waals surface area contributed by atoms with Crippen molar-refractivity contribution in [1.82, 2.24) is 4.90 Å². The van der Waals surface area contributed by atoms with Crippen LogP contribution < -0.4 is 5.73 Å².